The molecule has 1 heterocycles. The predicted octanol–water partition coefficient (Wildman–Crippen LogP) is 3.09. The van der Waals surface area contributed by atoms with Crippen molar-refractivity contribution in [1.29, 1.82) is 0 Å². The molecule has 122 valence electrons. The molecule has 0 bridgehead atoms. The summed E-state index contributed by atoms with van der Waals surface area (Å²) in [6, 6.07) is 18.6. The van der Waals surface area contributed by atoms with Gasteiger partial charge < -0.3 is 20.2 Å². The van der Waals surface area contributed by atoms with Crippen molar-refractivity contribution in [2.75, 3.05) is 5.73 Å². The van der Waals surface area contributed by atoms with Crippen LogP contribution in [0.4, 0.5) is 6.01 Å². The van der Waals surface area contributed by atoms with E-state index >= 15 is 0 Å². The van der Waals surface area contributed by atoms with Crippen molar-refractivity contribution >= 4 is 6.01 Å². The average Bonchev–Trinajstić information content (AvgIpc) is 3.27. The molecule has 3 aromatic rings. The number of anilines is 1. The molecule has 6 heteroatoms. The Morgan fingerprint density at radius 3 is 2.50 bits per heavy atom. The van der Waals surface area contributed by atoms with Gasteiger partial charge in [0.25, 0.3) is 0 Å². The Labute approximate surface area is 139 Å². The molecule has 24 heavy (non-hydrogen) atoms. The van der Waals surface area contributed by atoms with Crippen LogP contribution in [0.25, 0.3) is 0 Å². The second kappa shape index (κ2) is 6.33. The maximum atomic E-state index is 5.81. The monoisotopic (exact) mass is 322 g/mol. The van der Waals surface area contributed by atoms with Gasteiger partial charge >= 0.3 is 6.01 Å². The van der Waals surface area contributed by atoms with Gasteiger partial charge in [0.15, 0.2) is 0 Å². The molecule has 0 aliphatic heterocycles. The van der Waals surface area contributed by atoms with E-state index in [1.165, 1.54) is 5.56 Å². The van der Waals surface area contributed by atoms with Crippen LogP contribution < -0.4 is 15.8 Å². The number of nitrogens with zero attached hydrogens (tertiary/aromatic N) is 2. The van der Waals surface area contributed by atoms with Crippen LogP contribution in [0.15, 0.2) is 59.0 Å². The molecule has 0 saturated heterocycles. The lowest BCUT2D eigenvalue weighted by Gasteiger charge is -2.07. The van der Waals surface area contributed by atoms with Crippen molar-refractivity contribution in [1.82, 2.24) is 15.5 Å². The fourth-order valence-electron chi connectivity index (χ4n) is 2.75. The molecule has 0 amide bonds. The fraction of sp³-hybridized carbons (Fsp3) is 0.222. The minimum absolute atomic E-state index is 0.105. The van der Waals surface area contributed by atoms with Gasteiger partial charge in [-0.3, -0.25) is 0 Å². The van der Waals surface area contributed by atoms with Gasteiger partial charge in [-0.1, -0.05) is 35.4 Å². The van der Waals surface area contributed by atoms with E-state index in [2.05, 4.69) is 27.6 Å². The third-order valence-corrected chi connectivity index (χ3v) is 4.08. The summed E-state index contributed by atoms with van der Waals surface area (Å²) in [6.07, 6.45) is 1.10. The van der Waals surface area contributed by atoms with E-state index in [-0.39, 0.29) is 6.01 Å². The van der Waals surface area contributed by atoms with E-state index in [1.807, 2.05) is 42.5 Å². The summed E-state index contributed by atoms with van der Waals surface area (Å²) in [5, 5.41) is 10.9. The van der Waals surface area contributed by atoms with Crippen molar-refractivity contribution in [2.45, 2.75) is 24.9 Å². The smallest absolute Gasteiger partial charge is 0.312 e. The first-order chi connectivity index (χ1) is 11.8. The molecule has 6 nitrogen and oxygen atoms in total. The van der Waals surface area contributed by atoms with Crippen LogP contribution in [0.3, 0.4) is 0 Å². The fourth-order valence-corrected chi connectivity index (χ4v) is 2.75. The molecule has 2 atom stereocenters. The summed E-state index contributed by atoms with van der Waals surface area (Å²) in [5.74, 6) is 2.72. The molecule has 1 aliphatic rings. The number of nitrogens with one attached hydrogen (secondary N) is 1. The Bertz CT molecular complexity index is 801. The molecule has 1 aliphatic carbocycles. The number of nitrogen functional groups attached to an aromatic ring is 1. The zero-order valence-corrected chi connectivity index (χ0v) is 13.1. The highest BCUT2D eigenvalue weighted by Gasteiger charge is 2.38. The number of benzene rings is 2. The summed E-state index contributed by atoms with van der Waals surface area (Å²) in [7, 11) is 0. The van der Waals surface area contributed by atoms with E-state index in [0.717, 1.165) is 17.9 Å². The van der Waals surface area contributed by atoms with Crippen LogP contribution in [0.2, 0.25) is 0 Å². The Morgan fingerprint density at radius 1 is 1.04 bits per heavy atom. The quantitative estimate of drug-likeness (QED) is 0.725. The van der Waals surface area contributed by atoms with Crippen molar-refractivity contribution in [3.63, 3.8) is 0 Å². The minimum Gasteiger partial charge on any atom is -0.457 e. The maximum Gasteiger partial charge on any atom is 0.312 e. The normalized spacial score (nSPS) is 19.2. The number of nitrogens with two attached hydrogens (primary N) is 1. The molecular weight excluding hydrogens is 304 g/mol. The van der Waals surface area contributed by atoms with Crippen molar-refractivity contribution in [2.24, 2.45) is 0 Å². The molecule has 2 aromatic carbocycles. The summed E-state index contributed by atoms with van der Waals surface area (Å²) < 4.78 is 11.0. The van der Waals surface area contributed by atoms with E-state index in [9.17, 15) is 0 Å². The highest BCUT2D eigenvalue weighted by Crippen LogP contribution is 2.41. The highest BCUT2D eigenvalue weighted by molar-refractivity contribution is 5.36. The lowest BCUT2D eigenvalue weighted by atomic mass is 10.1. The molecular formula is C18H18N4O2. The summed E-state index contributed by atoms with van der Waals surface area (Å²) in [6.45, 7) is 0.542. The van der Waals surface area contributed by atoms with E-state index in [0.29, 0.717) is 24.4 Å². The van der Waals surface area contributed by atoms with Gasteiger partial charge in [0.05, 0.1) is 6.54 Å². The van der Waals surface area contributed by atoms with Gasteiger partial charge in [-0.05, 0) is 36.2 Å². The van der Waals surface area contributed by atoms with Crippen LogP contribution in [0.1, 0.15) is 23.8 Å². The highest BCUT2D eigenvalue weighted by atomic mass is 16.5. The van der Waals surface area contributed by atoms with Crippen LogP contribution in [-0.2, 0) is 6.54 Å². The van der Waals surface area contributed by atoms with Gasteiger partial charge in [0.1, 0.15) is 11.5 Å². The van der Waals surface area contributed by atoms with Crippen molar-refractivity contribution in [3.8, 4) is 11.5 Å². The standard InChI is InChI=1S/C18H18N4O2/c19-18-22-21-17(24-18)11-20-16-10-15(16)12-6-8-14(9-7-12)23-13-4-2-1-3-5-13/h1-9,15-16,20H,10-11H2,(H2,19,22)/t15-,16+/m0/s1. The Hall–Kier alpha value is -2.86. The first-order valence-corrected chi connectivity index (χ1v) is 7.92. The number of aromatic nitrogens is 2. The third-order valence-electron chi connectivity index (χ3n) is 4.08. The lowest BCUT2D eigenvalue weighted by molar-refractivity contribution is 0.478. The summed E-state index contributed by atoms with van der Waals surface area (Å²) >= 11 is 0. The lowest BCUT2D eigenvalue weighted by Crippen LogP contribution is -2.17. The average molecular weight is 322 g/mol. The predicted molar refractivity (Wildman–Crippen MR) is 89.7 cm³/mol. The van der Waals surface area contributed by atoms with Gasteiger partial charge in [-0.25, -0.2) is 0 Å². The minimum atomic E-state index is 0.105. The summed E-state index contributed by atoms with van der Waals surface area (Å²) in [4.78, 5) is 0. The molecule has 4 rings (SSSR count). The van der Waals surface area contributed by atoms with Crippen molar-refractivity contribution < 1.29 is 9.15 Å². The maximum absolute atomic E-state index is 5.81. The van der Waals surface area contributed by atoms with E-state index in [1.54, 1.807) is 0 Å². The van der Waals surface area contributed by atoms with Gasteiger partial charge in [-0.15, -0.1) is 5.10 Å². The Balaban J connectivity index is 1.31. The zero-order valence-electron chi connectivity index (χ0n) is 13.1. The zero-order chi connectivity index (χ0) is 16.4. The molecule has 0 radical (unpaired) electrons. The molecule has 1 aromatic heterocycles. The first kappa shape index (κ1) is 14.7. The van der Waals surface area contributed by atoms with E-state index in [4.69, 9.17) is 14.9 Å². The van der Waals surface area contributed by atoms with Crippen molar-refractivity contribution in [3.05, 3.63) is 66.1 Å². The van der Waals surface area contributed by atoms with Crippen LogP contribution in [0.5, 0.6) is 11.5 Å². The molecule has 0 spiro atoms. The molecule has 0 unspecified atom stereocenters. The van der Waals surface area contributed by atoms with Crippen LogP contribution >= 0.6 is 0 Å². The number of rotatable bonds is 6. The second-order valence-corrected chi connectivity index (χ2v) is 5.85. The number of para-hydroxylation sites is 1. The number of ether oxygens (including phenoxy) is 1. The second-order valence-electron chi connectivity index (χ2n) is 5.85. The number of hydrogen-bond acceptors (Lipinski definition) is 6. The Morgan fingerprint density at radius 2 is 1.79 bits per heavy atom. The van der Waals surface area contributed by atoms with Crippen LogP contribution in [0, 0.1) is 0 Å². The third kappa shape index (κ3) is 3.38. The topological polar surface area (TPSA) is 86.2 Å². The molecule has 1 fully saturated rings. The number of hydrogen-bond donors (Lipinski definition) is 2. The largest absolute Gasteiger partial charge is 0.457 e. The SMILES string of the molecule is Nc1nnc(CN[C@@H]2C[C@H]2c2ccc(Oc3ccccc3)cc2)o1. The first-order valence-electron chi connectivity index (χ1n) is 7.92. The van der Waals surface area contributed by atoms with Gasteiger partial charge in [-0.2, -0.15) is 0 Å². The van der Waals surface area contributed by atoms with Gasteiger partial charge in [0.2, 0.25) is 5.89 Å². The molecule has 3 N–H and O–H groups in total. The van der Waals surface area contributed by atoms with Crippen LogP contribution in [-0.4, -0.2) is 16.2 Å². The van der Waals surface area contributed by atoms with Gasteiger partial charge in [0, 0.05) is 12.0 Å². The van der Waals surface area contributed by atoms with E-state index < -0.39 is 0 Å². The Kier molecular flexibility index (Phi) is 3.88. The molecule has 1 saturated carbocycles. The summed E-state index contributed by atoms with van der Waals surface area (Å²) in [5.41, 5.74) is 6.71.